The number of carbonyl (C=O) groups is 3. The standard InChI is InChI=1S/C20H26N4O3/c1-23(11-14-5-3-9-21-14)10-13-4-2-6-15-16(13)12-24(20(15)27)17-7-8-18(25)22-19(17)26/h2,4,6,14,17,21H,3,5,7-12H2,1H3,(H,22,25,26). The van der Waals surface area contributed by atoms with Crippen LogP contribution in [0.4, 0.5) is 0 Å². The summed E-state index contributed by atoms with van der Waals surface area (Å²) in [6.07, 6.45) is 3.11. The van der Waals surface area contributed by atoms with E-state index >= 15 is 0 Å². The van der Waals surface area contributed by atoms with Gasteiger partial charge < -0.3 is 15.1 Å². The second-order valence-corrected chi connectivity index (χ2v) is 7.83. The van der Waals surface area contributed by atoms with E-state index in [0.717, 1.165) is 30.8 Å². The Kier molecular flexibility index (Phi) is 4.97. The van der Waals surface area contributed by atoms with Crippen LogP contribution in [0, 0.1) is 0 Å². The van der Waals surface area contributed by atoms with Crippen LogP contribution in [0.5, 0.6) is 0 Å². The molecule has 2 unspecified atom stereocenters. The van der Waals surface area contributed by atoms with Gasteiger partial charge in [-0.25, -0.2) is 0 Å². The van der Waals surface area contributed by atoms with Crippen LogP contribution in [-0.4, -0.2) is 59.7 Å². The minimum atomic E-state index is -0.559. The molecule has 2 N–H and O–H groups in total. The molecule has 0 aromatic heterocycles. The lowest BCUT2D eigenvalue weighted by atomic mass is 10.0. The molecule has 2 saturated heterocycles. The first-order valence-electron chi connectivity index (χ1n) is 9.70. The third kappa shape index (κ3) is 3.61. The molecule has 144 valence electrons. The summed E-state index contributed by atoms with van der Waals surface area (Å²) in [7, 11) is 2.11. The molecule has 3 amide bonds. The van der Waals surface area contributed by atoms with Gasteiger partial charge >= 0.3 is 0 Å². The van der Waals surface area contributed by atoms with Crippen LogP contribution >= 0.6 is 0 Å². The summed E-state index contributed by atoms with van der Waals surface area (Å²) in [4.78, 5) is 40.4. The lowest BCUT2D eigenvalue weighted by Crippen LogP contribution is -2.52. The van der Waals surface area contributed by atoms with E-state index in [1.165, 1.54) is 12.8 Å². The first-order valence-corrected chi connectivity index (χ1v) is 9.70. The summed E-state index contributed by atoms with van der Waals surface area (Å²) in [6, 6.07) is 5.80. The van der Waals surface area contributed by atoms with Crippen molar-refractivity contribution in [2.24, 2.45) is 0 Å². The van der Waals surface area contributed by atoms with Crippen LogP contribution in [0.25, 0.3) is 0 Å². The fraction of sp³-hybridized carbons (Fsp3) is 0.550. The number of benzene rings is 1. The van der Waals surface area contributed by atoms with Crippen LogP contribution in [0.1, 0.15) is 47.2 Å². The van der Waals surface area contributed by atoms with Crippen molar-refractivity contribution in [2.45, 2.75) is 50.9 Å². The number of amides is 3. The van der Waals surface area contributed by atoms with Gasteiger partial charge in [0, 0.05) is 37.7 Å². The molecule has 1 aromatic carbocycles. The van der Waals surface area contributed by atoms with E-state index in [0.29, 0.717) is 24.6 Å². The minimum absolute atomic E-state index is 0.110. The molecule has 2 atom stereocenters. The first-order chi connectivity index (χ1) is 13.0. The first kappa shape index (κ1) is 18.1. The maximum absolute atomic E-state index is 12.9. The largest absolute Gasteiger partial charge is 0.322 e. The van der Waals surface area contributed by atoms with E-state index in [1.807, 2.05) is 12.1 Å². The van der Waals surface area contributed by atoms with E-state index in [9.17, 15) is 14.4 Å². The van der Waals surface area contributed by atoms with E-state index in [2.05, 4.69) is 28.6 Å². The predicted octanol–water partition coefficient (Wildman–Crippen LogP) is 0.631. The van der Waals surface area contributed by atoms with E-state index < -0.39 is 6.04 Å². The van der Waals surface area contributed by atoms with Crippen molar-refractivity contribution in [3.63, 3.8) is 0 Å². The monoisotopic (exact) mass is 370 g/mol. The zero-order valence-corrected chi connectivity index (χ0v) is 15.7. The van der Waals surface area contributed by atoms with Crippen LogP contribution in [0.15, 0.2) is 18.2 Å². The normalized spacial score (nSPS) is 25.3. The molecule has 7 heteroatoms. The Bertz CT molecular complexity index is 772. The Labute approximate surface area is 159 Å². The number of fused-ring (bicyclic) bond motifs is 1. The van der Waals surface area contributed by atoms with Crippen molar-refractivity contribution in [3.8, 4) is 0 Å². The zero-order chi connectivity index (χ0) is 19.0. The molecule has 0 radical (unpaired) electrons. The topological polar surface area (TPSA) is 81.8 Å². The lowest BCUT2D eigenvalue weighted by Gasteiger charge is -2.29. The Morgan fingerprint density at radius 2 is 2.07 bits per heavy atom. The second kappa shape index (κ2) is 7.40. The smallest absolute Gasteiger partial charge is 0.255 e. The van der Waals surface area contributed by atoms with Crippen molar-refractivity contribution < 1.29 is 14.4 Å². The van der Waals surface area contributed by atoms with Crippen LogP contribution < -0.4 is 10.6 Å². The van der Waals surface area contributed by atoms with Gasteiger partial charge in [-0.1, -0.05) is 12.1 Å². The third-order valence-electron chi connectivity index (χ3n) is 5.81. The number of hydrogen-bond acceptors (Lipinski definition) is 5. The summed E-state index contributed by atoms with van der Waals surface area (Å²) in [6.45, 7) is 3.28. The summed E-state index contributed by atoms with van der Waals surface area (Å²) in [5.74, 6) is -0.733. The fourth-order valence-corrected chi connectivity index (χ4v) is 4.44. The van der Waals surface area contributed by atoms with Crippen molar-refractivity contribution >= 4 is 17.7 Å². The van der Waals surface area contributed by atoms with Gasteiger partial charge in [0.05, 0.1) is 0 Å². The Morgan fingerprint density at radius 1 is 1.22 bits per heavy atom. The van der Waals surface area contributed by atoms with Gasteiger partial charge in [0.15, 0.2) is 0 Å². The highest BCUT2D eigenvalue weighted by Crippen LogP contribution is 2.30. The molecule has 0 saturated carbocycles. The van der Waals surface area contributed by atoms with Crippen molar-refractivity contribution in [1.82, 2.24) is 20.4 Å². The highest BCUT2D eigenvalue weighted by Gasteiger charge is 2.39. The molecule has 3 heterocycles. The number of hydrogen-bond donors (Lipinski definition) is 2. The zero-order valence-electron chi connectivity index (χ0n) is 15.7. The lowest BCUT2D eigenvalue weighted by molar-refractivity contribution is -0.136. The summed E-state index contributed by atoms with van der Waals surface area (Å²) >= 11 is 0. The Balaban J connectivity index is 1.48. The number of piperidine rings is 1. The van der Waals surface area contributed by atoms with Crippen molar-refractivity contribution in [1.29, 1.82) is 0 Å². The average Bonchev–Trinajstić information content (AvgIpc) is 3.24. The molecule has 0 aliphatic carbocycles. The molecular weight excluding hydrogens is 344 g/mol. The number of carbonyl (C=O) groups excluding carboxylic acids is 3. The quantitative estimate of drug-likeness (QED) is 0.743. The summed E-state index contributed by atoms with van der Waals surface area (Å²) < 4.78 is 0. The van der Waals surface area contributed by atoms with Gasteiger partial charge in [0.1, 0.15) is 6.04 Å². The highest BCUT2D eigenvalue weighted by atomic mass is 16.2. The molecule has 1 aromatic rings. The van der Waals surface area contributed by atoms with Gasteiger partial charge in [-0.15, -0.1) is 0 Å². The van der Waals surface area contributed by atoms with E-state index in [-0.39, 0.29) is 24.1 Å². The molecule has 27 heavy (non-hydrogen) atoms. The van der Waals surface area contributed by atoms with Gasteiger partial charge in [-0.2, -0.15) is 0 Å². The van der Waals surface area contributed by atoms with Crippen LogP contribution in [0.2, 0.25) is 0 Å². The van der Waals surface area contributed by atoms with Gasteiger partial charge in [0.2, 0.25) is 11.8 Å². The van der Waals surface area contributed by atoms with Crippen LogP contribution in [0.3, 0.4) is 0 Å². The SMILES string of the molecule is CN(Cc1cccc2c1CN(C1CCC(=O)NC1=O)C2=O)CC1CCCN1. The maximum Gasteiger partial charge on any atom is 0.255 e. The number of likely N-dealkylation sites (N-methyl/N-ethyl adjacent to an activating group) is 1. The Hall–Kier alpha value is -2.25. The van der Waals surface area contributed by atoms with E-state index in [4.69, 9.17) is 0 Å². The van der Waals surface area contributed by atoms with Gasteiger partial charge in [-0.3, -0.25) is 19.7 Å². The molecule has 0 spiro atoms. The molecule has 2 fully saturated rings. The number of nitrogens with one attached hydrogen (secondary N) is 2. The highest BCUT2D eigenvalue weighted by molar-refractivity contribution is 6.05. The van der Waals surface area contributed by atoms with Crippen molar-refractivity contribution in [2.75, 3.05) is 20.1 Å². The molecular formula is C20H26N4O3. The number of imide groups is 1. The van der Waals surface area contributed by atoms with E-state index in [1.54, 1.807) is 4.90 Å². The Morgan fingerprint density at radius 3 is 2.81 bits per heavy atom. The second-order valence-electron chi connectivity index (χ2n) is 7.83. The molecule has 3 aliphatic heterocycles. The summed E-state index contributed by atoms with van der Waals surface area (Å²) in [5, 5.41) is 5.87. The van der Waals surface area contributed by atoms with Gasteiger partial charge in [0.25, 0.3) is 5.91 Å². The maximum atomic E-state index is 12.9. The minimum Gasteiger partial charge on any atom is -0.322 e. The molecule has 3 aliphatic rings. The van der Waals surface area contributed by atoms with Gasteiger partial charge in [-0.05, 0) is 50.0 Å². The predicted molar refractivity (Wildman–Crippen MR) is 99.8 cm³/mol. The molecule has 7 nitrogen and oxygen atoms in total. The number of rotatable bonds is 5. The van der Waals surface area contributed by atoms with Crippen molar-refractivity contribution in [3.05, 3.63) is 34.9 Å². The van der Waals surface area contributed by atoms with Crippen LogP contribution in [-0.2, 0) is 22.7 Å². The summed E-state index contributed by atoms with van der Waals surface area (Å²) in [5.41, 5.74) is 2.83. The third-order valence-corrected chi connectivity index (χ3v) is 5.81. The molecule has 0 bridgehead atoms. The molecule has 4 rings (SSSR count). The average molecular weight is 370 g/mol. The number of nitrogens with zero attached hydrogens (tertiary/aromatic N) is 2. The fourth-order valence-electron chi connectivity index (χ4n) is 4.44.